The van der Waals surface area contributed by atoms with Crippen molar-refractivity contribution in [1.29, 1.82) is 0 Å². The number of nitrogens with one attached hydrogen (secondary N) is 1. The van der Waals surface area contributed by atoms with E-state index >= 15 is 0 Å². The second kappa shape index (κ2) is 3.72. The van der Waals surface area contributed by atoms with Crippen LogP contribution < -0.4 is 5.32 Å². The molecule has 0 saturated heterocycles. The topological polar surface area (TPSA) is 12.0 Å². The van der Waals surface area contributed by atoms with Gasteiger partial charge in [0.25, 0.3) is 0 Å². The summed E-state index contributed by atoms with van der Waals surface area (Å²) in [6.45, 7) is 0. The van der Waals surface area contributed by atoms with Gasteiger partial charge in [0.2, 0.25) is 0 Å². The summed E-state index contributed by atoms with van der Waals surface area (Å²) in [7, 11) is 0. The fraction of sp³-hybridized carbons (Fsp3) is 0.0714. The Morgan fingerprint density at radius 2 is 1.38 bits per heavy atom. The molecule has 0 aromatic heterocycles. The van der Waals surface area contributed by atoms with Gasteiger partial charge < -0.3 is 5.32 Å². The van der Waals surface area contributed by atoms with Crippen LogP contribution in [0.15, 0.2) is 48.5 Å². The first-order valence-corrected chi connectivity index (χ1v) is 5.77. The lowest BCUT2D eigenvalue weighted by molar-refractivity contribution is 0.802. The van der Waals surface area contributed by atoms with Crippen molar-refractivity contribution in [3.05, 3.63) is 59.7 Å². The van der Waals surface area contributed by atoms with Crippen molar-refractivity contribution in [3.8, 4) is 11.1 Å². The van der Waals surface area contributed by atoms with Gasteiger partial charge in [-0.05, 0) is 22.3 Å². The Balaban J connectivity index is 2.25. The first-order chi connectivity index (χ1) is 7.92. The van der Waals surface area contributed by atoms with Gasteiger partial charge in [-0.15, -0.1) is 0 Å². The van der Waals surface area contributed by atoms with Crippen LogP contribution >= 0.6 is 12.2 Å². The lowest BCUT2D eigenvalue weighted by Gasteiger charge is -2.12. The zero-order chi connectivity index (χ0) is 11.0. The molecular weight excluding hydrogens is 214 g/mol. The smallest absolute Gasteiger partial charge is 0.0781 e. The quantitative estimate of drug-likeness (QED) is 0.787. The van der Waals surface area contributed by atoms with Gasteiger partial charge in [-0.2, -0.15) is 0 Å². The number of hydrogen-bond donors (Lipinski definition) is 1. The fourth-order valence-corrected chi connectivity index (χ4v) is 2.54. The minimum Gasteiger partial charge on any atom is -0.371 e. The average Bonchev–Trinajstić information content (AvgIpc) is 2.66. The lowest BCUT2D eigenvalue weighted by Crippen LogP contribution is -2.17. The average molecular weight is 225 g/mol. The first-order valence-electron chi connectivity index (χ1n) is 5.30. The molecule has 0 atom stereocenters. The van der Waals surface area contributed by atoms with Crippen molar-refractivity contribution in [3.63, 3.8) is 0 Å². The van der Waals surface area contributed by atoms with Crippen molar-refractivity contribution < 1.29 is 0 Å². The van der Waals surface area contributed by atoms with Gasteiger partial charge in [-0.1, -0.05) is 60.7 Å². The molecule has 1 N–H and O–H groups in total. The van der Waals surface area contributed by atoms with E-state index in [9.17, 15) is 0 Å². The predicted molar refractivity (Wildman–Crippen MR) is 70.5 cm³/mol. The molecule has 0 unspecified atom stereocenters. The molecule has 0 heterocycles. The van der Waals surface area contributed by atoms with Crippen LogP contribution in [-0.2, 0) is 0 Å². The Kier molecular flexibility index (Phi) is 2.22. The zero-order valence-corrected chi connectivity index (χ0v) is 9.50. The molecule has 0 amide bonds. The summed E-state index contributed by atoms with van der Waals surface area (Å²) in [5.74, 6) is 0. The molecule has 78 valence electrons. The highest BCUT2D eigenvalue weighted by atomic mass is 32.1. The maximum Gasteiger partial charge on any atom is 0.0781 e. The molecule has 2 heteroatoms. The van der Waals surface area contributed by atoms with Gasteiger partial charge in [-0.25, -0.2) is 0 Å². The number of fused-ring (bicyclic) bond motifs is 3. The van der Waals surface area contributed by atoms with Crippen molar-refractivity contribution in [2.24, 2.45) is 0 Å². The van der Waals surface area contributed by atoms with Crippen LogP contribution in [0.25, 0.3) is 11.1 Å². The molecule has 0 bridgehead atoms. The summed E-state index contributed by atoms with van der Waals surface area (Å²) < 4.78 is 0. The highest BCUT2D eigenvalue weighted by Crippen LogP contribution is 2.42. The van der Waals surface area contributed by atoms with Crippen LogP contribution in [0.3, 0.4) is 0 Å². The Labute approximate surface area is 100 Å². The standard InChI is InChI=1S/C14H11NS/c16-9-15-14-12-7-3-1-5-10(12)11-6-2-4-8-13(11)14/h1-9,14H,(H,15,16). The highest BCUT2D eigenvalue weighted by Gasteiger charge is 2.26. The maximum absolute atomic E-state index is 4.91. The molecule has 0 saturated carbocycles. The van der Waals surface area contributed by atoms with Gasteiger partial charge in [-0.3, -0.25) is 0 Å². The summed E-state index contributed by atoms with van der Waals surface area (Å²) in [6, 6.07) is 17.2. The van der Waals surface area contributed by atoms with Crippen LogP contribution in [0.2, 0.25) is 0 Å². The van der Waals surface area contributed by atoms with Crippen molar-refractivity contribution in [1.82, 2.24) is 5.32 Å². The van der Waals surface area contributed by atoms with Crippen molar-refractivity contribution in [2.75, 3.05) is 0 Å². The molecule has 1 aliphatic carbocycles. The third-order valence-electron chi connectivity index (χ3n) is 3.07. The second-order valence-electron chi connectivity index (χ2n) is 3.89. The van der Waals surface area contributed by atoms with E-state index in [1.807, 2.05) is 0 Å². The molecule has 16 heavy (non-hydrogen) atoms. The Morgan fingerprint density at radius 3 is 1.88 bits per heavy atom. The second-order valence-corrected chi connectivity index (χ2v) is 4.13. The molecule has 2 aromatic carbocycles. The van der Waals surface area contributed by atoms with E-state index in [0.717, 1.165) is 0 Å². The first kappa shape index (κ1) is 9.55. The molecule has 0 radical (unpaired) electrons. The predicted octanol–water partition coefficient (Wildman–Crippen LogP) is 3.30. The Bertz CT molecular complexity index is 502. The van der Waals surface area contributed by atoms with Crippen LogP contribution in [0, 0.1) is 0 Å². The number of thiocarbonyl (C=S) groups is 1. The summed E-state index contributed by atoms with van der Waals surface area (Å²) in [5.41, 5.74) is 6.85. The maximum atomic E-state index is 4.91. The highest BCUT2D eigenvalue weighted by molar-refractivity contribution is 7.78. The van der Waals surface area contributed by atoms with Crippen LogP contribution in [0.5, 0.6) is 0 Å². The van der Waals surface area contributed by atoms with E-state index in [1.54, 1.807) is 5.49 Å². The van der Waals surface area contributed by atoms with Crippen LogP contribution in [-0.4, -0.2) is 5.49 Å². The number of benzene rings is 2. The van der Waals surface area contributed by atoms with E-state index in [-0.39, 0.29) is 6.04 Å². The van der Waals surface area contributed by atoms with E-state index in [4.69, 9.17) is 12.2 Å². The van der Waals surface area contributed by atoms with Gasteiger partial charge in [0, 0.05) is 0 Å². The summed E-state index contributed by atoms with van der Waals surface area (Å²) in [6.07, 6.45) is 0. The third kappa shape index (κ3) is 1.27. The normalized spacial score (nSPS) is 13.0. The monoisotopic (exact) mass is 225 g/mol. The van der Waals surface area contributed by atoms with Crippen molar-refractivity contribution in [2.45, 2.75) is 6.04 Å². The Hall–Kier alpha value is -1.67. The minimum atomic E-state index is 0.213. The molecule has 0 aliphatic heterocycles. The SMILES string of the molecule is S=CNC1c2ccccc2-c2ccccc21. The summed E-state index contributed by atoms with van der Waals surface area (Å²) in [4.78, 5) is 0. The third-order valence-corrected chi connectivity index (χ3v) is 3.20. The van der Waals surface area contributed by atoms with Gasteiger partial charge in [0.1, 0.15) is 0 Å². The molecule has 1 aliphatic rings. The van der Waals surface area contributed by atoms with Crippen molar-refractivity contribution >= 4 is 17.7 Å². The lowest BCUT2D eigenvalue weighted by atomic mass is 10.1. The van der Waals surface area contributed by atoms with E-state index in [2.05, 4.69) is 53.8 Å². The van der Waals surface area contributed by atoms with Crippen LogP contribution in [0.1, 0.15) is 17.2 Å². The van der Waals surface area contributed by atoms with E-state index in [1.165, 1.54) is 22.3 Å². The minimum absolute atomic E-state index is 0.213. The number of hydrogen-bond acceptors (Lipinski definition) is 1. The largest absolute Gasteiger partial charge is 0.371 e. The summed E-state index contributed by atoms with van der Waals surface area (Å²) in [5, 5.41) is 3.25. The number of rotatable bonds is 2. The van der Waals surface area contributed by atoms with Gasteiger partial charge in [0.05, 0.1) is 11.5 Å². The molecule has 0 spiro atoms. The van der Waals surface area contributed by atoms with E-state index in [0.29, 0.717) is 0 Å². The van der Waals surface area contributed by atoms with Gasteiger partial charge in [0.15, 0.2) is 0 Å². The molecule has 3 rings (SSSR count). The molecular formula is C14H11NS. The molecule has 1 nitrogen and oxygen atoms in total. The van der Waals surface area contributed by atoms with Crippen LogP contribution in [0.4, 0.5) is 0 Å². The molecule has 2 aromatic rings. The van der Waals surface area contributed by atoms with Gasteiger partial charge >= 0.3 is 0 Å². The molecule has 0 fully saturated rings. The summed E-state index contributed by atoms with van der Waals surface area (Å²) >= 11 is 4.91. The fourth-order valence-electron chi connectivity index (χ4n) is 2.40. The zero-order valence-electron chi connectivity index (χ0n) is 8.68. The Morgan fingerprint density at radius 1 is 0.875 bits per heavy atom. The van der Waals surface area contributed by atoms with E-state index < -0.39 is 0 Å².